The number of aromatic nitrogens is 1. The Bertz CT molecular complexity index is 536. The SMILES string of the molecule is CNC(c1ccccc1OC(C)C)c1scnc1C. The Kier molecular flexibility index (Phi) is 4.56. The Labute approximate surface area is 118 Å². The first-order valence-electron chi connectivity index (χ1n) is 6.46. The van der Waals surface area contributed by atoms with Gasteiger partial charge in [0, 0.05) is 10.4 Å². The molecule has 1 unspecified atom stereocenters. The van der Waals surface area contributed by atoms with E-state index < -0.39 is 0 Å². The van der Waals surface area contributed by atoms with Gasteiger partial charge in [-0.2, -0.15) is 0 Å². The first kappa shape index (κ1) is 14.0. The van der Waals surface area contributed by atoms with Gasteiger partial charge >= 0.3 is 0 Å². The maximum Gasteiger partial charge on any atom is 0.124 e. The standard InChI is InChI=1S/C15H20N2OS/c1-10(2)18-13-8-6-5-7-12(13)14(16-4)15-11(3)17-9-19-15/h5-10,14,16H,1-4H3. The van der Waals surface area contributed by atoms with Crippen LogP contribution in [-0.4, -0.2) is 18.1 Å². The molecule has 0 aliphatic heterocycles. The van der Waals surface area contributed by atoms with E-state index in [2.05, 4.69) is 16.4 Å². The van der Waals surface area contributed by atoms with Crippen LogP contribution in [0.2, 0.25) is 0 Å². The molecule has 2 rings (SSSR count). The van der Waals surface area contributed by atoms with Gasteiger partial charge < -0.3 is 10.1 Å². The highest BCUT2D eigenvalue weighted by atomic mass is 32.1. The Morgan fingerprint density at radius 2 is 2.00 bits per heavy atom. The van der Waals surface area contributed by atoms with Crippen LogP contribution in [0.25, 0.3) is 0 Å². The normalized spacial score (nSPS) is 12.7. The minimum absolute atomic E-state index is 0.127. The number of hydrogen-bond donors (Lipinski definition) is 1. The van der Waals surface area contributed by atoms with E-state index in [1.807, 2.05) is 51.5 Å². The molecule has 4 heteroatoms. The van der Waals surface area contributed by atoms with Crippen LogP contribution in [0.15, 0.2) is 29.8 Å². The summed E-state index contributed by atoms with van der Waals surface area (Å²) in [7, 11) is 1.97. The molecule has 0 amide bonds. The van der Waals surface area contributed by atoms with Crippen molar-refractivity contribution in [2.75, 3.05) is 7.05 Å². The Morgan fingerprint density at radius 3 is 2.58 bits per heavy atom. The average molecular weight is 276 g/mol. The number of nitrogens with one attached hydrogen (secondary N) is 1. The Hall–Kier alpha value is -1.39. The topological polar surface area (TPSA) is 34.1 Å². The molecule has 0 bridgehead atoms. The molecule has 0 spiro atoms. The van der Waals surface area contributed by atoms with Crippen LogP contribution >= 0.6 is 11.3 Å². The van der Waals surface area contributed by atoms with Crippen molar-refractivity contribution >= 4 is 11.3 Å². The molecule has 2 aromatic rings. The lowest BCUT2D eigenvalue weighted by molar-refractivity contribution is 0.239. The summed E-state index contributed by atoms with van der Waals surface area (Å²) in [5.74, 6) is 0.935. The van der Waals surface area contributed by atoms with Gasteiger partial charge in [0.1, 0.15) is 5.75 Å². The van der Waals surface area contributed by atoms with Gasteiger partial charge in [0.25, 0.3) is 0 Å². The third kappa shape index (κ3) is 3.14. The summed E-state index contributed by atoms with van der Waals surface area (Å²) >= 11 is 1.68. The fourth-order valence-electron chi connectivity index (χ4n) is 2.10. The number of benzene rings is 1. The smallest absolute Gasteiger partial charge is 0.124 e. The zero-order valence-corrected chi connectivity index (χ0v) is 12.6. The summed E-state index contributed by atoms with van der Waals surface area (Å²) in [5, 5.41) is 3.37. The third-order valence-electron chi connectivity index (χ3n) is 2.93. The summed E-state index contributed by atoms with van der Waals surface area (Å²) in [5.41, 5.74) is 4.12. The predicted molar refractivity (Wildman–Crippen MR) is 80.0 cm³/mol. The van der Waals surface area contributed by atoms with Crippen LogP contribution in [0.1, 0.15) is 36.0 Å². The predicted octanol–water partition coefficient (Wildman–Crippen LogP) is 3.55. The number of rotatable bonds is 5. The molecule has 1 N–H and O–H groups in total. The van der Waals surface area contributed by atoms with Crippen molar-refractivity contribution in [2.45, 2.75) is 32.9 Å². The zero-order valence-electron chi connectivity index (χ0n) is 11.8. The quantitative estimate of drug-likeness (QED) is 0.907. The lowest BCUT2D eigenvalue weighted by Gasteiger charge is -2.21. The number of aryl methyl sites for hydroxylation is 1. The van der Waals surface area contributed by atoms with Crippen molar-refractivity contribution in [3.05, 3.63) is 45.9 Å². The summed E-state index contributed by atoms with van der Waals surface area (Å²) in [6, 6.07) is 8.31. The van der Waals surface area contributed by atoms with Crippen molar-refractivity contribution in [1.82, 2.24) is 10.3 Å². The molecule has 1 atom stereocenters. The molecule has 1 heterocycles. The second-order valence-electron chi connectivity index (χ2n) is 4.73. The second-order valence-corrected chi connectivity index (χ2v) is 5.61. The summed E-state index contributed by atoms with van der Waals surface area (Å²) in [4.78, 5) is 5.58. The molecule has 102 valence electrons. The van der Waals surface area contributed by atoms with Crippen LogP contribution in [0.5, 0.6) is 5.75 Å². The minimum Gasteiger partial charge on any atom is -0.491 e. The van der Waals surface area contributed by atoms with Crippen molar-refractivity contribution in [3.63, 3.8) is 0 Å². The van der Waals surface area contributed by atoms with E-state index in [1.54, 1.807) is 11.3 Å². The van der Waals surface area contributed by atoms with E-state index in [1.165, 1.54) is 4.88 Å². The maximum atomic E-state index is 5.91. The van der Waals surface area contributed by atoms with Gasteiger partial charge in [-0.25, -0.2) is 4.98 Å². The number of nitrogens with zero attached hydrogens (tertiary/aromatic N) is 1. The largest absolute Gasteiger partial charge is 0.491 e. The van der Waals surface area contributed by atoms with Crippen molar-refractivity contribution in [2.24, 2.45) is 0 Å². The van der Waals surface area contributed by atoms with Crippen molar-refractivity contribution in [1.29, 1.82) is 0 Å². The monoisotopic (exact) mass is 276 g/mol. The number of hydrogen-bond acceptors (Lipinski definition) is 4. The molecule has 0 saturated carbocycles. The van der Waals surface area contributed by atoms with Gasteiger partial charge in [-0.3, -0.25) is 0 Å². The minimum atomic E-state index is 0.127. The summed E-state index contributed by atoms with van der Waals surface area (Å²) in [6.45, 7) is 6.13. The second kappa shape index (κ2) is 6.17. The van der Waals surface area contributed by atoms with Crippen LogP contribution in [0.4, 0.5) is 0 Å². The molecule has 0 aliphatic carbocycles. The van der Waals surface area contributed by atoms with E-state index in [0.717, 1.165) is 17.0 Å². The van der Waals surface area contributed by atoms with Crippen LogP contribution in [-0.2, 0) is 0 Å². The average Bonchev–Trinajstić information content (AvgIpc) is 2.78. The van der Waals surface area contributed by atoms with Crippen molar-refractivity contribution < 1.29 is 4.74 Å². The number of ether oxygens (including phenoxy) is 1. The highest BCUT2D eigenvalue weighted by Gasteiger charge is 2.20. The molecule has 0 radical (unpaired) electrons. The lowest BCUT2D eigenvalue weighted by atomic mass is 10.0. The highest BCUT2D eigenvalue weighted by molar-refractivity contribution is 7.09. The van der Waals surface area contributed by atoms with E-state index in [-0.39, 0.29) is 12.1 Å². The van der Waals surface area contributed by atoms with E-state index >= 15 is 0 Å². The van der Waals surface area contributed by atoms with Crippen LogP contribution in [0.3, 0.4) is 0 Å². The van der Waals surface area contributed by atoms with Crippen molar-refractivity contribution in [3.8, 4) is 5.75 Å². The van der Waals surface area contributed by atoms with Gasteiger partial charge in [0.05, 0.1) is 23.4 Å². The molecule has 1 aromatic heterocycles. The first-order valence-corrected chi connectivity index (χ1v) is 7.34. The molecular weight excluding hydrogens is 256 g/mol. The van der Waals surface area contributed by atoms with E-state index in [9.17, 15) is 0 Å². The number of para-hydroxylation sites is 1. The van der Waals surface area contributed by atoms with Gasteiger partial charge in [0.15, 0.2) is 0 Å². The number of thiazole rings is 1. The van der Waals surface area contributed by atoms with Crippen LogP contribution in [0, 0.1) is 6.92 Å². The fraction of sp³-hybridized carbons (Fsp3) is 0.400. The molecule has 1 aromatic carbocycles. The lowest BCUT2D eigenvalue weighted by Crippen LogP contribution is -2.19. The van der Waals surface area contributed by atoms with Gasteiger partial charge in [-0.05, 0) is 33.9 Å². The maximum absolute atomic E-state index is 5.91. The Morgan fingerprint density at radius 1 is 1.26 bits per heavy atom. The van der Waals surface area contributed by atoms with Gasteiger partial charge in [-0.15, -0.1) is 11.3 Å². The molecule has 19 heavy (non-hydrogen) atoms. The van der Waals surface area contributed by atoms with E-state index in [0.29, 0.717) is 0 Å². The Balaban J connectivity index is 2.41. The van der Waals surface area contributed by atoms with Gasteiger partial charge in [-0.1, -0.05) is 18.2 Å². The molecular formula is C15H20N2OS. The fourth-order valence-corrected chi connectivity index (χ4v) is 3.02. The summed E-state index contributed by atoms with van der Waals surface area (Å²) < 4.78 is 5.91. The first-order chi connectivity index (χ1) is 9.13. The van der Waals surface area contributed by atoms with E-state index in [4.69, 9.17) is 4.74 Å². The van der Waals surface area contributed by atoms with Crippen LogP contribution < -0.4 is 10.1 Å². The molecule has 3 nitrogen and oxygen atoms in total. The van der Waals surface area contributed by atoms with Gasteiger partial charge in [0.2, 0.25) is 0 Å². The summed E-state index contributed by atoms with van der Waals surface area (Å²) in [6.07, 6.45) is 0.168. The molecule has 0 aliphatic rings. The zero-order chi connectivity index (χ0) is 13.8. The third-order valence-corrected chi connectivity index (χ3v) is 3.92. The highest BCUT2D eigenvalue weighted by Crippen LogP contribution is 2.33. The molecule has 0 fully saturated rings. The molecule has 0 saturated heterocycles.